The standard InChI is InChI=1S/C25H19FN4O2/c1-15-9-10-17(12-22(15)26)23-18(14-30(28-23)19-7-5-4-6-8-19)11-20-16(2)21(13-27)25(32)29(3)24(20)31/h4-12,14H,1-3H3/b20-11+. The Morgan fingerprint density at radius 2 is 1.78 bits per heavy atom. The zero-order valence-corrected chi connectivity index (χ0v) is 17.8. The maximum atomic E-state index is 14.3. The van der Waals surface area contributed by atoms with Gasteiger partial charge in [-0.15, -0.1) is 0 Å². The predicted octanol–water partition coefficient (Wildman–Crippen LogP) is 4.21. The molecule has 0 bridgehead atoms. The minimum absolute atomic E-state index is 0.0864. The molecule has 0 N–H and O–H groups in total. The number of halogens is 1. The van der Waals surface area contributed by atoms with Crippen LogP contribution in [0.5, 0.6) is 0 Å². The van der Waals surface area contributed by atoms with Crippen LogP contribution in [0.25, 0.3) is 23.0 Å². The molecule has 6 nitrogen and oxygen atoms in total. The smallest absolute Gasteiger partial charge is 0.271 e. The first-order chi connectivity index (χ1) is 15.3. The number of nitrogens with zero attached hydrogens (tertiary/aromatic N) is 4. The van der Waals surface area contributed by atoms with E-state index in [0.29, 0.717) is 28.0 Å². The lowest BCUT2D eigenvalue weighted by molar-refractivity contribution is -0.138. The summed E-state index contributed by atoms with van der Waals surface area (Å²) < 4.78 is 16.0. The van der Waals surface area contributed by atoms with Crippen LogP contribution in [0.3, 0.4) is 0 Å². The molecular formula is C25H19FN4O2. The zero-order valence-electron chi connectivity index (χ0n) is 17.8. The largest absolute Gasteiger partial charge is 0.277 e. The van der Waals surface area contributed by atoms with E-state index in [9.17, 15) is 19.2 Å². The summed E-state index contributed by atoms with van der Waals surface area (Å²) in [6.45, 7) is 3.25. The van der Waals surface area contributed by atoms with E-state index in [1.807, 2.05) is 36.4 Å². The molecule has 0 saturated heterocycles. The van der Waals surface area contributed by atoms with Crippen molar-refractivity contribution in [3.63, 3.8) is 0 Å². The number of para-hydroxylation sites is 1. The van der Waals surface area contributed by atoms with Crippen LogP contribution < -0.4 is 0 Å². The third-order valence-corrected chi connectivity index (χ3v) is 5.45. The monoisotopic (exact) mass is 426 g/mol. The fourth-order valence-corrected chi connectivity index (χ4v) is 3.52. The highest BCUT2D eigenvalue weighted by Crippen LogP contribution is 2.31. The lowest BCUT2D eigenvalue weighted by atomic mass is 9.93. The summed E-state index contributed by atoms with van der Waals surface area (Å²) >= 11 is 0. The normalized spacial score (nSPS) is 15.5. The first-order valence-corrected chi connectivity index (χ1v) is 9.89. The summed E-state index contributed by atoms with van der Waals surface area (Å²) in [6.07, 6.45) is 3.33. The van der Waals surface area contributed by atoms with Crippen molar-refractivity contribution in [1.82, 2.24) is 14.7 Å². The molecule has 1 aromatic heterocycles. The number of rotatable bonds is 3. The molecule has 7 heteroatoms. The molecule has 0 atom stereocenters. The van der Waals surface area contributed by atoms with Gasteiger partial charge in [0.2, 0.25) is 0 Å². The fraction of sp³-hybridized carbons (Fsp3) is 0.120. The molecule has 1 aliphatic heterocycles. The molecule has 0 saturated carbocycles. The first-order valence-electron chi connectivity index (χ1n) is 9.89. The van der Waals surface area contributed by atoms with Gasteiger partial charge >= 0.3 is 0 Å². The fourth-order valence-electron chi connectivity index (χ4n) is 3.52. The lowest BCUT2D eigenvalue weighted by Crippen LogP contribution is -2.39. The molecule has 0 aliphatic carbocycles. The number of hydrogen-bond acceptors (Lipinski definition) is 4. The predicted molar refractivity (Wildman–Crippen MR) is 118 cm³/mol. The van der Waals surface area contributed by atoms with Crippen LogP contribution in [0, 0.1) is 24.1 Å². The molecule has 158 valence electrons. The summed E-state index contributed by atoms with van der Waals surface area (Å²) in [6, 6.07) is 16.1. The molecule has 0 spiro atoms. The molecule has 0 radical (unpaired) electrons. The minimum Gasteiger partial charge on any atom is -0.277 e. The number of nitriles is 1. The molecule has 2 heterocycles. The van der Waals surface area contributed by atoms with E-state index in [0.717, 1.165) is 10.6 Å². The van der Waals surface area contributed by atoms with Gasteiger partial charge in [-0.2, -0.15) is 10.4 Å². The number of aryl methyl sites for hydroxylation is 1. The number of imide groups is 1. The summed E-state index contributed by atoms with van der Waals surface area (Å²) in [7, 11) is 1.34. The average Bonchev–Trinajstić information content (AvgIpc) is 3.22. The van der Waals surface area contributed by atoms with Crippen LogP contribution in [-0.2, 0) is 9.59 Å². The number of aromatic nitrogens is 2. The lowest BCUT2D eigenvalue weighted by Gasteiger charge is -2.23. The van der Waals surface area contributed by atoms with Gasteiger partial charge < -0.3 is 0 Å². The molecule has 2 amide bonds. The third kappa shape index (κ3) is 3.52. The molecular weight excluding hydrogens is 407 g/mol. The van der Waals surface area contributed by atoms with E-state index in [-0.39, 0.29) is 17.0 Å². The quantitative estimate of drug-likeness (QED) is 0.464. The molecule has 4 rings (SSSR count). The summed E-state index contributed by atoms with van der Waals surface area (Å²) in [5.74, 6) is -1.51. The Balaban J connectivity index is 1.95. The Morgan fingerprint density at radius 1 is 1.06 bits per heavy atom. The van der Waals surface area contributed by atoms with Crippen LogP contribution in [0.4, 0.5) is 4.39 Å². The number of carbonyl (C=O) groups is 2. The first kappa shape index (κ1) is 20.9. The van der Waals surface area contributed by atoms with Gasteiger partial charge in [0.05, 0.1) is 5.69 Å². The molecule has 3 aromatic rings. The number of likely N-dealkylation sites (N-methyl/N-ethyl adjacent to an activating group) is 1. The van der Waals surface area contributed by atoms with Crippen molar-refractivity contribution in [3.8, 4) is 23.0 Å². The van der Waals surface area contributed by atoms with Crippen LogP contribution in [0.15, 0.2) is 71.4 Å². The molecule has 0 fully saturated rings. The number of hydrogen-bond donors (Lipinski definition) is 0. The summed E-state index contributed by atoms with van der Waals surface area (Å²) in [5.41, 5.74) is 3.30. The van der Waals surface area contributed by atoms with Gasteiger partial charge in [0.1, 0.15) is 23.2 Å². The van der Waals surface area contributed by atoms with Gasteiger partial charge in [-0.3, -0.25) is 14.5 Å². The van der Waals surface area contributed by atoms with E-state index < -0.39 is 11.8 Å². The Bertz CT molecular complexity index is 1360. The van der Waals surface area contributed by atoms with Crippen molar-refractivity contribution >= 4 is 17.9 Å². The molecule has 1 aliphatic rings. The van der Waals surface area contributed by atoms with E-state index in [1.165, 1.54) is 13.1 Å². The Morgan fingerprint density at radius 3 is 2.44 bits per heavy atom. The van der Waals surface area contributed by atoms with Crippen LogP contribution in [0.2, 0.25) is 0 Å². The van der Waals surface area contributed by atoms with E-state index in [2.05, 4.69) is 5.10 Å². The van der Waals surface area contributed by atoms with Gasteiger partial charge in [0.15, 0.2) is 0 Å². The van der Waals surface area contributed by atoms with Gasteiger partial charge in [-0.05, 0) is 49.3 Å². The highest BCUT2D eigenvalue weighted by atomic mass is 19.1. The van der Waals surface area contributed by atoms with Gasteiger partial charge in [-0.25, -0.2) is 9.07 Å². The summed E-state index contributed by atoms with van der Waals surface area (Å²) in [5, 5.41) is 14.1. The second-order valence-electron chi connectivity index (χ2n) is 7.52. The van der Waals surface area contributed by atoms with Crippen LogP contribution in [-0.4, -0.2) is 33.5 Å². The van der Waals surface area contributed by atoms with Gasteiger partial charge in [0, 0.05) is 29.9 Å². The highest BCUT2D eigenvalue weighted by molar-refractivity contribution is 6.19. The highest BCUT2D eigenvalue weighted by Gasteiger charge is 2.33. The maximum absolute atomic E-state index is 14.3. The topological polar surface area (TPSA) is 79.0 Å². The Hall–Kier alpha value is -4.31. The molecule has 0 unspecified atom stereocenters. The van der Waals surface area contributed by atoms with Crippen molar-refractivity contribution in [3.05, 3.63) is 88.4 Å². The van der Waals surface area contributed by atoms with Crippen molar-refractivity contribution in [1.29, 1.82) is 5.26 Å². The second-order valence-corrected chi connectivity index (χ2v) is 7.52. The van der Waals surface area contributed by atoms with E-state index in [4.69, 9.17) is 0 Å². The Labute approximate surface area is 184 Å². The third-order valence-electron chi connectivity index (χ3n) is 5.45. The van der Waals surface area contributed by atoms with Crippen molar-refractivity contribution in [2.75, 3.05) is 7.05 Å². The summed E-state index contributed by atoms with van der Waals surface area (Å²) in [4.78, 5) is 26.0. The van der Waals surface area contributed by atoms with Crippen molar-refractivity contribution in [2.45, 2.75) is 13.8 Å². The second kappa shape index (κ2) is 8.08. The maximum Gasteiger partial charge on any atom is 0.271 e. The van der Waals surface area contributed by atoms with E-state index in [1.54, 1.807) is 42.9 Å². The SMILES string of the molecule is CC1=C(C#N)C(=O)N(C)C(=O)/C1=C/c1cn(-c2ccccc2)nc1-c1ccc(C)c(F)c1. The number of amides is 2. The molecule has 32 heavy (non-hydrogen) atoms. The van der Waals surface area contributed by atoms with Gasteiger partial charge in [-0.1, -0.05) is 30.3 Å². The average molecular weight is 426 g/mol. The number of carbonyl (C=O) groups excluding carboxylic acids is 2. The molecule has 2 aromatic carbocycles. The number of benzene rings is 2. The minimum atomic E-state index is -0.632. The van der Waals surface area contributed by atoms with Gasteiger partial charge in [0.25, 0.3) is 11.8 Å². The van der Waals surface area contributed by atoms with Crippen molar-refractivity contribution in [2.24, 2.45) is 0 Å². The zero-order chi connectivity index (χ0) is 23.0. The van der Waals surface area contributed by atoms with Crippen LogP contribution >= 0.6 is 0 Å². The van der Waals surface area contributed by atoms with Crippen molar-refractivity contribution < 1.29 is 14.0 Å². The van der Waals surface area contributed by atoms with E-state index >= 15 is 0 Å². The Kier molecular flexibility index (Phi) is 5.29. The van der Waals surface area contributed by atoms with Crippen LogP contribution in [0.1, 0.15) is 18.1 Å².